The lowest BCUT2D eigenvalue weighted by atomic mass is 9.98. The average Bonchev–Trinajstić information content (AvgIpc) is 3.19. The first-order chi connectivity index (χ1) is 13.6. The van der Waals surface area contributed by atoms with Crippen LogP contribution in [0.1, 0.15) is 11.9 Å². The first-order valence-corrected chi connectivity index (χ1v) is 8.87. The molecule has 1 saturated heterocycles. The van der Waals surface area contributed by atoms with E-state index in [9.17, 15) is 20.4 Å². The lowest BCUT2D eigenvalue weighted by Crippen LogP contribution is -2.56. The topological polar surface area (TPSA) is 146 Å². The summed E-state index contributed by atoms with van der Waals surface area (Å²) >= 11 is 0. The van der Waals surface area contributed by atoms with Crippen LogP contribution in [0.3, 0.4) is 0 Å². The Labute approximate surface area is 160 Å². The van der Waals surface area contributed by atoms with E-state index in [0.29, 0.717) is 12.2 Å². The molecule has 10 nitrogen and oxygen atoms in total. The molecule has 1 aliphatic heterocycles. The fraction of sp³-hybridized carbons (Fsp3) is 0.389. The Morgan fingerprint density at radius 1 is 1.07 bits per heavy atom. The van der Waals surface area contributed by atoms with E-state index in [4.69, 9.17) is 4.74 Å². The number of fused-ring (bicyclic) bond motifs is 1. The van der Waals surface area contributed by atoms with E-state index in [1.807, 2.05) is 30.3 Å². The molecule has 0 amide bonds. The van der Waals surface area contributed by atoms with E-state index in [1.165, 1.54) is 4.68 Å². The van der Waals surface area contributed by atoms with Gasteiger partial charge in [0.2, 0.25) is 0 Å². The van der Waals surface area contributed by atoms with Gasteiger partial charge in [0.15, 0.2) is 6.23 Å². The third-order valence-corrected chi connectivity index (χ3v) is 4.78. The molecular formula is C18H21N5O5. The van der Waals surface area contributed by atoms with E-state index >= 15 is 0 Å². The molecule has 28 heavy (non-hydrogen) atoms. The number of hydrogen-bond acceptors (Lipinski definition) is 9. The number of aromatic nitrogens is 4. The highest BCUT2D eigenvalue weighted by Gasteiger charge is 2.44. The van der Waals surface area contributed by atoms with Gasteiger partial charge in [-0.3, -0.25) is 4.98 Å². The van der Waals surface area contributed by atoms with Crippen LogP contribution in [0.25, 0.3) is 10.9 Å². The minimum atomic E-state index is -1.47. The molecule has 2 aromatic heterocycles. The molecule has 0 spiro atoms. The van der Waals surface area contributed by atoms with Crippen molar-refractivity contribution in [3.8, 4) is 0 Å². The molecule has 4 rings (SSSR count). The summed E-state index contributed by atoms with van der Waals surface area (Å²) in [5, 5.41) is 51.5. The fourth-order valence-corrected chi connectivity index (χ4v) is 3.25. The second-order valence-corrected chi connectivity index (χ2v) is 6.64. The molecule has 0 unspecified atom stereocenters. The monoisotopic (exact) mass is 387 g/mol. The molecule has 1 fully saturated rings. The Hall–Kier alpha value is -2.63. The SMILES string of the molecule is OC[C@H]1O[C@@H](n2cc(CNc3cccc4cccnc34)nn2)[C@H](O)[C@@H](O)[C@@H]1O. The molecule has 5 atom stereocenters. The maximum Gasteiger partial charge on any atom is 0.180 e. The number of aliphatic hydroxyl groups is 4. The van der Waals surface area contributed by atoms with Crippen LogP contribution in [-0.4, -0.2) is 71.4 Å². The summed E-state index contributed by atoms with van der Waals surface area (Å²) in [5.74, 6) is 0. The van der Waals surface area contributed by atoms with Crippen LogP contribution >= 0.6 is 0 Å². The third-order valence-electron chi connectivity index (χ3n) is 4.78. The van der Waals surface area contributed by atoms with E-state index in [0.717, 1.165) is 16.6 Å². The molecule has 148 valence electrons. The Bertz CT molecular complexity index is 944. The zero-order valence-electron chi connectivity index (χ0n) is 14.8. The van der Waals surface area contributed by atoms with E-state index in [2.05, 4.69) is 20.6 Å². The highest BCUT2D eigenvalue weighted by atomic mass is 16.6. The molecule has 1 aromatic carbocycles. The van der Waals surface area contributed by atoms with Crippen molar-refractivity contribution in [2.45, 2.75) is 37.2 Å². The summed E-state index contributed by atoms with van der Waals surface area (Å²) in [6.45, 7) is -0.147. The summed E-state index contributed by atoms with van der Waals surface area (Å²) < 4.78 is 6.74. The Morgan fingerprint density at radius 3 is 2.71 bits per heavy atom. The minimum Gasteiger partial charge on any atom is -0.394 e. The van der Waals surface area contributed by atoms with Crippen molar-refractivity contribution in [3.63, 3.8) is 0 Å². The lowest BCUT2D eigenvalue weighted by molar-refractivity contribution is -0.254. The number of ether oxygens (including phenoxy) is 1. The minimum absolute atomic E-state index is 0.354. The quantitative estimate of drug-likeness (QED) is 0.388. The number of benzene rings is 1. The molecule has 5 N–H and O–H groups in total. The van der Waals surface area contributed by atoms with E-state index in [1.54, 1.807) is 12.4 Å². The molecule has 3 aromatic rings. The second kappa shape index (κ2) is 7.78. The molecule has 0 radical (unpaired) electrons. The highest BCUT2D eigenvalue weighted by Crippen LogP contribution is 2.28. The number of nitrogens with zero attached hydrogens (tertiary/aromatic N) is 4. The summed E-state index contributed by atoms with van der Waals surface area (Å²) in [5.41, 5.74) is 2.26. The van der Waals surface area contributed by atoms with Crippen LogP contribution in [-0.2, 0) is 11.3 Å². The molecule has 0 bridgehead atoms. The Kier molecular flexibility index (Phi) is 5.20. The van der Waals surface area contributed by atoms with Crippen molar-refractivity contribution >= 4 is 16.6 Å². The third kappa shape index (κ3) is 3.43. The van der Waals surface area contributed by atoms with E-state index < -0.39 is 37.3 Å². The number of pyridine rings is 1. The predicted molar refractivity (Wildman–Crippen MR) is 98.1 cm³/mol. The number of aliphatic hydroxyl groups excluding tert-OH is 4. The summed E-state index contributed by atoms with van der Waals surface area (Å²) in [7, 11) is 0. The number of hydrogen-bond donors (Lipinski definition) is 5. The molecule has 3 heterocycles. The van der Waals surface area contributed by atoms with Crippen LogP contribution in [0.5, 0.6) is 0 Å². The van der Waals surface area contributed by atoms with Gasteiger partial charge in [-0.15, -0.1) is 5.10 Å². The van der Waals surface area contributed by atoms with Crippen molar-refractivity contribution in [1.29, 1.82) is 0 Å². The van der Waals surface area contributed by atoms with Crippen molar-refractivity contribution < 1.29 is 25.2 Å². The Morgan fingerprint density at radius 2 is 1.89 bits per heavy atom. The molecule has 0 aliphatic carbocycles. The van der Waals surface area contributed by atoms with Gasteiger partial charge in [-0.1, -0.05) is 23.4 Å². The van der Waals surface area contributed by atoms with Crippen LogP contribution in [0.4, 0.5) is 5.69 Å². The van der Waals surface area contributed by atoms with Gasteiger partial charge in [-0.25, -0.2) is 4.68 Å². The lowest BCUT2D eigenvalue weighted by Gasteiger charge is -2.39. The fourth-order valence-electron chi connectivity index (χ4n) is 3.25. The van der Waals surface area contributed by atoms with Crippen molar-refractivity contribution in [1.82, 2.24) is 20.0 Å². The summed E-state index contributed by atoms with van der Waals surface area (Å²) in [4.78, 5) is 4.38. The molecule has 10 heteroatoms. The van der Waals surface area contributed by atoms with Gasteiger partial charge in [-0.2, -0.15) is 0 Å². The van der Waals surface area contributed by atoms with Gasteiger partial charge in [0, 0.05) is 11.6 Å². The second-order valence-electron chi connectivity index (χ2n) is 6.64. The summed E-state index contributed by atoms with van der Waals surface area (Å²) in [6, 6.07) is 9.67. The van der Waals surface area contributed by atoms with Crippen LogP contribution in [0.15, 0.2) is 42.7 Å². The van der Waals surface area contributed by atoms with Crippen molar-refractivity contribution in [2.24, 2.45) is 0 Å². The summed E-state index contributed by atoms with van der Waals surface area (Å²) in [6.07, 6.45) is -3.08. The van der Waals surface area contributed by atoms with E-state index in [-0.39, 0.29) is 0 Å². The van der Waals surface area contributed by atoms with Crippen molar-refractivity contribution in [2.75, 3.05) is 11.9 Å². The van der Waals surface area contributed by atoms with Gasteiger partial charge >= 0.3 is 0 Å². The predicted octanol–water partition coefficient (Wildman–Crippen LogP) is -0.589. The molecule has 0 saturated carbocycles. The number of nitrogens with one attached hydrogen (secondary N) is 1. The Balaban J connectivity index is 1.48. The molecule has 1 aliphatic rings. The maximum absolute atomic E-state index is 10.2. The largest absolute Gasteiger partial charge is 0.394 e. The van der Waals surface area contributed by atoms with Crippen LogP contribution in [0.2, 0.25) is 0 Å². The van der Waals surface area contributed by atoms with Crippen molar-refractivity contribution in [3.05, 3.63) is 48.4 Å². The van der Waals surface area contributed by atoms with Gasteiger partial charge in [0.1, 0.15) is 30.1 Å². The first-order valence-electron chi connectivity index (χ1n) is 8.87. The van der Waals surface area contributed by atoms with Gasteiger partial charge < -0.3 is 30.5 Å². The van der Waals surface area contributed by atoms with Gasteiger partial charge in [0.05, 0.1) is 30.6 Å². The van der Waals surface area contributed by atoms with Crippen LogP contribution < -0.4 is 5.32 Å². The smallest absolute Gasteiger partial charge is 0.180 e. The van der Waals surface area contributed by atoms with Crippen LogP contribution in [0, 0.1) is 0 Å². The molecular weight excluding hydrogens is 366 g/mol. The normalized spacial score (nSPS) is 27.8. The highest BCUT2D eigenvalue weighted by molar-refractivity contribution is 5.90. The zero-order chi connectivity index (χ0) is 19.7. The number of rotatable bonds is 5. The maximum atomic E-state index is 10.2. The number of anilines is 1. The first kappa shape index (κ1) is 18.7. The standard InChI is InChI=1S/C18H21N5O5/c24-9-13-15(25)16(26)17(27)18(28-13)23-8-11(21-22-23)7-20-12-5-1-3-10-4-2-6-19-14(10)12/h1-6,8,13,15-18,20,24-27H,7,9H2/t13-,15-,16+,17-,18-/m1/s1. The van der Waals surface area contributed by atoms with Gasteiger partial charge in [-0.05, 0) is 12.1 Å². The number of para-hydroxylation sites is 1. The van der Waals surface area contributed by atoms with Gasteiger partial charge in [0.25, 0.3) is 0 Å². The zero-order valence-corrected chi connectivity index (χ0v) is 14.8. The average molecular weight is 387 g/mol.